The minimum absolute atomic E-state index is 0.0586. The van der Waals surface area contributed by atoms with Crippen molar-refractivity contribution >= 4 is 5.91 Å². The van der Waals surface area contributed by atoms with Crippen molar-refractivity contribution in [2.24, 2.45) is 0 Å². The summed E-state index contributed by atoms with van der Waals surface area (Å²) in [6, 6.07) is 11.7. The molecule has 1 aromatic carbocycles. The first-order valence-electron chi connectivity index (χ1n) is 8.52. The average molecular weight is 336 g/mol. The Morgan fingerprint density at radius 3 is 2.84 bits per heavy atom. The van der Waals surface area contributed by atoms with Gasteiger partial charge in [-0.1, -0.05) is 18.2 Å². The lowest BCUT2D eigenvalue weighted by Gasteiger charge is -2.34. The van der Waals surface area contributed by atoms with E-state index in [0.717, 1.165) is 36.5 Å². The first-order chi connectivity index (χ1) is 12.2. The predicted octanol–water partition coefficient (Wildman–Crippen LogP) is 2.67. The molecule has 128 valence electrons. The number of nitrogens with one attached hydrogen (secondary N) is 1. The molecule has 1 aliphatic rings. The van der Waals surface area contributed by atoms with E-state index in [2.05, 4.69) is 20.4 Å². The lowest BCUT2D eigenvalue weighted by molar-refractivity contribution is 0.0591. The van der Waals surface area contributed by atoms with E-state index in [0.29, 0.717) is 12.2 Å². The molecule has 3 aromatic rings. The summed E-state index contributed by atoms with van der Waals surface area (Å²) < 4.78 is 1.96. The number of hydrogen-bond acceptors (Lipinski definition) is 4. The number of benzene rings is 1. The molecule has 25 heavy (non-hydrogen) atoms. The number of piperidine rings is 1. The van der Waals surface area contributed by atoms with Crippen LogP contribution >= 0.6 is 0 Å². The van der Waals surface area contributed by atoms with Gasteiger partial charge in [-0.2, -0.15) is 5.10 Å². The number of aromatic amines is 1. The summed E-state index contributed by atoms with van der Waals surface area (Å²) in [5.41, 5.74) is 2.33. The molecule has 0 aliphatic carbocycles. The number of aromatic nitrogens is 5. The Balaban J connectivity index is 1.69. The van der Waals surface area contributed by atoms with E-state index in [9.17, 15) is 4.79 Å². The second kappa shape index (κ2) is 6.51. The highest BCUT2D eigenvalue weighted by molar-refractivity contribution is 5.92. The summed E-state index contributed by atoms with van der Waals surface area (Å²) in [6.45, 7) is 2.60. The Morgan fingerprint density at radius 2 is 2.08 bits per heavy atom. The highest BCUT2D eigenvalue weighted by atomic mass is 16.2. The van der Waals surface area contributed by atoms with Gasteiger partial charge < -0.3 is 4.90 Å². The monoisotopic (exact) mass is 336 g/mol. The zero-order valence-electron chi connectivity index (χ0n) is 14.1. The Hall–Kier alpha value is -2.96. The molecule has 0 unspecified atom stereocenters. The smallest absolute Gasteiger partial charge is 0.274 e. The molecule has 0 spiro atoms. The van der Waals surface area contributed by atoms with Crippen molar-refractivity contribution in [2.45, 2.75) is 32.2 Å². The summed E-state index contributed by atoms with van der Waals surface area (Å²) in [4.78, 5) is 14.8. The molecule has 7 nitrogen and oxygen atoms in total. The molecule has 3 heterocycles. The van der Waals surface area contributed by atoms with Crippen molar-refractivity contribution < 1.29 is 4.79 Å². The Kier molecular flexibility index (Phi) is 4.05. The minimum Gasteiger partial charge on any atom is -0.327 e. The third-order valence-corrected chi connectivity index (χ3v) is 4.60. The lowest BCUT2D eigenvalue weighted by Crippen LogP contribution is -2.39. The SMILES string of the molecule is Cc1cc(C(=O)N2CCCC[C@H]2c2nncn2-c2ccccc2)n[nH]1. The average Bonchev–Trinajstić information content (AvgIpc) is 3.31. The number of carbonyl (C=O) groups is 1. The fourth-order valence-corrected chi connectivity index (χ4v) is 3.38. The predicted molar refractivity (Wildman–Crippen MR) is 92.3 cm³/mol. The van der Waals surface area contributed by atoms with Crippen LogP contribution in [0.1, 0.15) is 47.3 Å². The molecule has 7 heteroatoms. The van der Waals surface area contributed by atoms with E-state index in [1.165, 1.54) is 0 Å². The molecular formula is C18H20N6O. The van der Waals surface area contributed by atoms with Gasteiger partial charge in [0.25, 0.3) is 5.91 Å². The van der Waals surface area contributed by atoms with Crippen molar-refractivity contribution in [3.8, 4) is 5.69 Å². The summed E-state index contributed by atoms with van der Waals surface area (Å²) in [6.07, 6.45) is 4.64. The maximum absolute atomic E-state index is 13.0. The Bertz CT molecular complexity index is 869. The van der Waals surface area contributed by atoms with E-state index in [1.54, 1.807) is 12.4 Å². The van der Waals surface area contributed by atoms with Gasteiger partial charge >= 0.3 is 0 Å². The van der Waals surface area contributed by atoms with E-state index in [-0.39, 0.29) is 11.9 Å². The number of para-hydroxylation sites is 1. The van der Waals surface area contributed by atoms with Gasteiger partial charge in [0, 0.05) is 17.9 Å². The fraction of sp³-hybridized carbons (Fsp3) is 0.333. The van der Waals surface area contributed by atoms with Gasteiger partial charge in [0.1, 0.15) is 12.0 Å². The number of carbonyl (C=O) groups excluding carboxylic acids is 1. The topological polar surface area (TPSA) is 79.7 Å². The molecule has 1 N–H and O–H groups in total. The van der Waals surface area contributed by atoms with Crippen LogP contribution in [0.3, 0.4) is 0 Å². The molecule has 2 aromatic heterocycles. The Morgan fingerprint density at radius 1 is 1.24 bits per heavy atom. The van der Waals surface area contributed by atoms with Crippen LogP contribution < -0.4 is 0 Å². The first-order valence-corrected chi connectivity index (χ1v) is 8.52. The number of rotatable bonds is 3. The number of likely N-dealkylation sites (tertiary alicyclic amines) is 1. The van der Waals surface area contributed by atoms with E-state index >= 15 is 0 Å². The van der Waals surface area contributed by atoms with Crippen LogP contribution in [0, 0.1) is 6.92 Å². The van der Waals surface area contributed by atoms with Crippen LogP contribution in [0.15, 0.2) is 42.7 Å². The lowest BCUT2D eigenvalue weighted by atomic mass is 10.0. The molecule has 1 saturated heterocycles. The van der Waals surface area contributed by atoms with Gasteiger partial charge in [0.2, 0.25) is 0 Å². The molecule has 1 aliphatic heterocycles. The van der Waals surface area contributed by atoms with Crippen molar-refractivity contribution in [3.63, 3.8) is 0 Å². The summed E-state index contributed by atoms with van der Waals surface area (Å²) in [7, 11) is 0. The second-order valence-electron chi connectivity index (χ2n) is 6.34. The Labute approximate surface area is 145 Å². The molecule has 0 saturated carbocycles. The summed E-state index contributed by atoms with van der Waals surface area (Å²) >= 11 is 0. The largest absolute Gasteiger partial charge is 0.327 e. The van der Waals surface area contributed by atoms with Gasteiger partial charge in [-0.25, -0.2) is 0 Å². The maximum atomic E-state index is 13.0. The summed E-state index contributed by atoms with van der Waals surface area (Å²) in [5.74, 6) is 0.739. The zero-order valence-corrected chi connectivity index (χ0v) is 14.1. The van der Waals surface area contributed by atoms with Gasteiger partial charge in [-0.3, -0.25) is 14.5 Å². The van der Waals surface area contributed by atoms with E-state index in [4.69, 9.17) is 0 Å². The van der Waals surface area contributed by atoms with Crippen LogP contribution in [0.4, 0.5) is 0 Å². The molecule has 0 radical (unpaired) electrons. The van der Waals surface area contributed by atoms with E-state index in [1.807, 2.05) is 46.7 Å². The van der Waals surface area contributed by atoms with Crippen molar-refractivity contribution in [2.75, 3.05) is 6.54 Å². The quantitative estimate of drug-likeness (QED) is 0.797. The van der Waals surface area contributed by atoms with Crippen LogP contribution in [-0.2, 0) is 0 Å². The van der Waals surface area contributed by atoms with Gasteiger partial charge in [0.05, 0.1) is 6.04 Å². The summed E-state index contributed by atoms with van der Waals surface area (Å²) in [5, 5.41) is 15.4. The fourth-order valence-electron chi connectivity index (χ4n) is 3.38. The van der Waals surface area contributed by atoms with Gasteiger partial charge in [-0.15, -0.1) is 10.2 Å². The number of nitrogens with zero attached hydrogens (tertiary/aromatic N) is 5. The van der Waals surface area contributed by atoms with Gasteiger partial charge in [0.15, 0.2) is 5.82 Å². The number of hydrogen-bond donors (Lipinski definition) is 1. The van der Waals surface area contributed by atoms with Crippen molar-refractivity contribution in [3.05, 3.63) is 59.9 Å². The second-order valence-corrected chi connectivity index (χ2v) is 6.34. The molecule has 1 fully saturated rings. The van der Waals surface area contributed by atoms with Crippen LogP contribution in [0.25, 0.3) is 5.69 Å². The highest BCUT2D eigenvalue weighted by Gasteiger charge is 2.33. The number of amides is 1. The van der Waals surface area contributed by atoms with Crippen molar-refractivity contribution in [1.82, 2.24) is 29.9 Å². The number of H-pyrrole nitrogens is 1. The highest BCUT2D eigenvalue weighted by Crippen LogP contribution is 2.31. The van der Waals surface area contributed by atoms with Crippen molar-refractivity contribution in [1.29, 1.82) is 0 Å². The van der Waals surface area contributed by atoms with Gasteiger partial charge in [-0.05, 0) is 44.4 Å². The molecule has 4 rings (SSSR count). The third-order valence-electron chi connectivity index (χ3n) is 4.60. The first kappa shape index (κ1) is 15.6. The standard InChI is InChI=1S/C18H20N6O/c1-13-11-15(21-20-13)18(25)23-10-6-5-9-16(23)17-22-19-12-24(17)14-7-3-2-4-8-14/h2-4,7-8,11-12,16H,5-6,9-10H2,1H3,(H,20,21)/t16-/m0/s1. The molecule has 1 atom stereocenters. The molecule has 1 amide bonds. The normalized spacial score (nSPS) is 17.6. The number of aryl methyl sites for hydroxylation is 1. The molecule has 0 bridgehead atoms. The van der Waals surface area contributed by atoms with Crippen LogP contribution in [0.2, 0.25) is 0 Å². The van der Waals surface area contributed by atoms with E-state index < -0.39 is 0 Å². The zero-order chi connectivity index (χ0) is 17.2. The van der Waals surface area contributed by atoms with Crippen LogP contribution in [-0.4, -0.2) is 42.3 Å². The third kappa shape index (κ3) is 2.93. The van der Waals surface area contributed by atoms with Crippen LogP contribution in [0.5, 0.6) is 0 Å². The molecular weight excluding hydrogens is 316 g/mol. The maximum Gasteiger partial charge on any atom is 0.274 e. The minimum atomic E-state index is -0.0963.